The maximum atomic E-state index is 12.8. The quantitative estimate of drug-likeness (QED) is 0.853. The van der Waals surface area contributed by atoms with Crippen LogP contribution >= 0.6 is 11.3 Å². The second kappa shape index (κ2) is 7.71. The van der Waals surface area contributed by atoms with Crippen molar-refractivity contribution in [2.24, 2.45) is 0 Å². The first-order valence-corrected chi connectivity index (χ1v) is 9.06. The summed E-state index contributed by atoms with van der Waals surface area (Å²) in [6.45, 7) is 2.38. The number of carbonyl (C=O) groups excluding carboxylic acids is 1. The Labute approximate surface area is 152 Å². The Balaban J connectivity index is 1.56. The molecule has 5 nitrogen and oxygen atoms in total. The number of nitrogens with one attached hydrogen (secondary N) is 1. The number of rotatable bonds is 5. The summed E-state index contributed by atoms with van der Waals surface area (Å²) in [6.07, 6.45) is -2.36. The molecule has 1 atom stereocenters. The molecule has 1 unspecified atom stereocenters. The minimum absolute atomic E-state index is 0.0584. The Hall–Kier alpha value is -2.00. The molecule has 0 saturated carbocycles. The van der Waals surface area contributed by atoms with Crippen LogP contribution in [0.5, 0.6) is 0 Å². The van der Waals surface area contributed by atoms with Gasteiger partial charge < -0.3 is 10.1 Å². The molecular weight excluding hydrogens is 367 g/mol. The van der Waals surface area contributed by atoms with Crippen LogP contribution in [0.3, 0.4) is 0 Å². The van der Waals surface area contributed by atoms with E-state index in [2.05, 4.69) is 15.3 Å². The van der Waals surface area contributed by atoms with Gasteiger partial charge in [0.2, 0.25) is 0 Å². The molecule has 0 aromatic carbocycles. The Morgan fingerprint density at radius 1 is 1.38 bits per heavy atom. The highest BCUT2D eigenvalue weighted by Gasteiger charge is 2.33. The minimum atomic E-state index is -4.51. The van der Waals surface area contributed by atoms with Crippen molar-refractivity contribution in [1.82, 2.24) is 15.3 Å². The van der Waals surface area contributed by atoms with E-state index >= 15 is 0 Å². The minimum Gasteiger partial charge on any atom is -0.373 e. The van der Waals surface area contributed by atoms with Gasteiger partial charge in [0.1, 0.15) is 11.5 Å². The van der Waals surface area contributed by atoms with E-state index in [9.17, 15) is 18.0 Å². The van der Waals surface area contributed by atoms with Crippen molar-refractivity contribution >= 4 is 17.2 Å². The first-order chi connectivity index (χ1) is 12.3. The molecule has 0 bridgehead atoms. The van der Waals surface area contributed by atoms with Gasteiger partial charge >= 0.3 is 6.18 Å². The summed E-state index contributed by atoms with van der Waals surface area (Å²) in [5.74, 6) is -0.202. The summed E-state index contributed by atoms with van der Waals surface area (Å²) in [6, 6.07) is 4.52. The third-order valence-electron chi connectivity index (χ3n) is 3.92. The van der Waals surface area contributed by atoms with E-state index in [1.165, 1.54) is 18.3 Å². The number of hydrogen-bond acceptors (Lipinski definition) is 5. The van der Waals surface area contributed by atoms with Gasteiger partial charge in [-0.3, -0.25) is 4.79 Å². The molecule has 26 heavy (non-hydrogen) atoms. The number of hydrogen-bond donors (Lipinski definition) is 1. The average molecular weight is 385 g/mol. The zero-order chi connectivity index (χ0) is 18.7. The zero-order valence-corrected chi connectivity index (χ0v) is 14.9. The molecular formula is C17H18F3N3O2S. The second-order valence-electron chi connectivity index (χ2n) is 6.02. The lowest BCUT2D eigenvalue weighted by molar-refractivity contribution is -0.141. The van der Waals surface area contributed by atoms with Crippen LogP contribution in [-0.4, -0.2) is 29.0 Å². The number of carbonyl (C=O) groups is 1. The molecule has 1 saturated heterocycles. The number of aryl methyl sites for hydroxylation is 1. The normalized spacial score (nSPS) is 17.5. The van der Waals surface area contributed by atoms with Crippen LogP contribution < -0.4 is 5.32 Å². The number of nitrogens with zero attached hydrogens (tertiary/aromatic N) is 2. The van der Waals surface area contributed by atoms with Gasteiger partial charge in [-0.2, -0.15) is 13.2 Å². The average Bonchev–Trinajstić information content (AvgIpc) is 3.25. The first-order valence-electron chi connectivity index (χ1n) is 8.24. The maximum Gasteiger partial charge on any atom is 0.433 e. The second-order valence-corrected chi connectivity index (χ2v) is 7.13. The standard InChI is InChI=1S/C17H18F3N3O2S/c1-10-9-14(17(18,19)20)23-15(22-10)6-7-21-16(24)13-5-4-12(26-13)11-3-2-8-25-11/h4-5,9,11H,2-3,6-8H2,1H3,(H,21,24). The van der Waals surface area contributed by atoms with E-state index in [-0.39, 0.29) is 36.5 Å². The lowest BCUT2D eigenvalue weighted by atomic mass is 10.2. The summed E-state index contributed by atoms with van der Waals surface area (Å²) in [5, 5.41) is 2.70. The highest BCUT2D eigenvalue weighted by atomic mass is 32.1. The predicted molar refractivity (Wildman–Crippen MR) is 90.1 cm³/mol. The molecule has 0 radical (unpaired) electrons. The van der Waals surface area contributed by atoms with Gasteiger partial charge in [-0.25, -0.2) is 9.97 Å². The maximum absolute atomic E-state index is 12.8. The summed E-state index contributed by atoms with van der Waals surface area (Å²) < 4.78 is 43.9. The van der Waals surface area contributed by atoms with E-state index in [0.717, 1.165) is 30.4 Å². The van der Waals surface area contributed by atoms with Gasteiger partial charge in [-0.15, -0.1) is 11.3 Å². The van der Waals surface area contributed by atoms with Crippen LogP contribution in [0.4, 0.5) is 13.2 Å². The van der Waals surface area contributed by atoms with Gasteiger partial charge in [0.05, 0.1) is 11.0 Å². The SMILES string of the molecule is Cc1cc(C(F)(F)F)nc(CCNC(=O)c2ccc(C3CCCO3)s2)n1. The lowest BCUT2D eigenvalue weighted by Crippen LogP contribution is -2.25. The van der Waals surface area contributed by atoms with Gasteiger partial charge in [0.25, 0.3) is 5.91 Å². The van der Waals surface area contributed by atoms with Gasteiger partial charge in [-0.1, -0.05) is 0 Å². The van der Waals surface area contributed by atoms with Crippen molar-refractivity contribution in [3.63, 3.8) is 0 Å². The summed E-state index contributed by atoms with van der Waals surface area (Å²) in [5.41, 5.74) is -0.723. The van der Waals surface area contributed by atoms with E-state index in [1.54, 1.807) is 6.07 Å². The predicted octanol–water partition coefficient (Wildman–Crippen LogP) is 3.69. The fourth-order valence-corrected chi connectivity index (χ4v) is 3.72. The molecule has 2 aromatic rings. The highest BCUT2D eigenvalue weighted by molar-refractivity contribution is 7.14. The van der Waals surface area contributed by atoms with Crippen LogP contribution in [0.1, 0.15) is 50.7 Å². The number of aromatic nitrogens is 2. The van der Waals surface area contributed by atoms with Crippen LogP contribution in [0.15, 0.2) is 18.2 Å². The van der Waals surface area contributed by atoms with Crippen molar-refractivity contribution in [1.29, 1.82) is 0 Å². The molecule has 0 spiro atoms. The molecule has 2 aromatic heterocycles. The molecule has 9 heteroatoms. The van der Waals surface area contributed by atoms with Crippen LogP contribution in [0, 0.1) is 6.92 Å². The molecule has 1 fully saturated rings. The largest absolute Gasteiger partial charge is 0.433 e. The molecule has 3 heterocycles. The van der Waals surface area contributed by atoms with Crippen molar-refractivity contribution < 1.29 is 22.7 Å². The molecule has 1 N–H and O–H groups in total. The van der Waals surface area contributed by atoms with Crippen molar-refractivity contribution in [2.45, 2.75) is 38.5 Å². The molecule has 140 valence electrons. The molecule has 1 aliphatic rings. The fraction of sp³-hybridized carbons (Fsp3) is 0.471. The summed E-state index contributed by atoms with van der Waals surface area (Å²) in [7, 11) is 0. The number of halogens is 3. The zero-order valence-electron chi connectivity index (χ0n) is 14.1. The Kier molecular flexibility index (Phi) is 5.57. The lowest BCUT2D eigenvalue weighted by Gasteiger charge is -2.09. The van der Waals surface area contributed by atoms with Crippen molar-refractivity contribution in [3.8, 4) is 0 Å². The number of alkyl halides is 3. The summed E-state index contributed by atoms with van der Waals surface area (Å²) >= 11 is 1.38. The Morgan fingerprint density at radius 2 is 2.19 bits per heavy atom. The van der Waals surface area contributed by atoms with Crippen LogP contribution in [0.2, 0.25) is 0 Å². The summed E-state index contributed by atoms with van der Waals surface area (Å²) in [4.78, 5) is 21.3. The van der Waals surface area contributed by atoms with Crippen LogP contribution in [0.25, 0.3) is 0 Å². The fourth-order valence-electron chi connectivity index (χ4n) is 2.71. The molecule has 1 amide bonds. The van der Waals surface area contributed by atoms with E-state index in [4.69, 9.17) is 4.74 Å². The molecule has 0 aliphatic carbocycles. The van der Waals surface area contributed by atoms with Crippen LogP contribution in [-0.2, 0) is 17.3 Å². The molecule has 3 rings (SSSR count). The van der Waals surface area contributed by atoms with E-state index in [0.29, 0.717) is 4.88 Å². The third kappa shape index (κ3) is 4.59. The number of amides is 1. The van der Waals surface area contributed by atoms with Gasteiger partial charge in [0, 0.05) is 30.1 Å². The Morgan fingerprint density at radius 3 is 2.88 bits per heavy atom. The number of ether oxygens (including phenoxy) is 1. The van der Waals surface area contributed by atoms with Gasteiger partial charge in [-0.05, 0) is 38.0 Å². The van der Waals surface area contributed by atoms with Gasteiger partial charge in [0.15, 0.2) is 0 Å². The smallest absolute Gasteiger partial charge is 0.373 e. The third-order valence-corrected chi connectivity index (χ3v) is 5.10. The first kappa shape index (κ1) is 18.8. The number of thiophene rings is 1. The monoisotopic (exact) mass is 385 g/mol. The van der Waals surface area contributed by atoms with Crippen molar-refractivity contribution in [2.75, 3.05) is 13.2 Å². The molecule has 1 aliphatic heterocycles. The van der Waals surface area contributed by atoms with E-state index < -0.39 is 11.9 Å². The van der Waals surface area contributed by atoms with E-state index in [1.807, 2.05) is 6.07 Å². The highest BCUT2D eigenvalue weighted by Crippen LogP contribution is 2.33. The Bertz CT molecular complexity index is 786. The van der Waals surface area contributed by atoms with Crippen molar-refractivity contribution in [3.05, 3.63) is 45.2 Å². The topological polar surface area (TPSA) is 64.1 Å².